The van der Waals surface area contributed by atoms with Crippen molar-refractivity contribution in [1.82, 2.24) is 15.0 Å². The molecule has 0 radical (unpaired) electrons. The smallest absolute Gasteiger partial charge is 0.254 e. The van der Waals surface area contributed by atoms with Gasteiger partial charge in [-0.05, 0) is 36.1 Å². The van der Waals surface area contributed by atoms with Crippen molar-refractivity contribution in [2.24, 2.45) is 5.16 Å². The summed E-state index contributed by atoms with van der Waals surface area (Å²) >= 11 is 0. The highest BCUT2D eigenvalue weighted by molar-refractivity contribution is 6.00. The summed E-state index contributed by atoms with van der Waals surface area (Å²) in [5.41, 5.74) is 3.60. The quantitative estimate of drug-likeness (QED) is 0.533. The van der Waals surface area contributed by atoms with Crippen LogP contribution in [0.15, 0.2) is 64.3 Å². The van der Waals surface area contributed by atoms with Gasteiger partial charge in [0.1, 0.15) is 13.2 Å². The Morgan fingerprint density at radius 3 is 2.50 bits per heavy atom. The Balaban J connectivity index is 1.39. The maximum Gasteiger partial charge on any atom is 0.254 e. The summed E-state index contributed by atoms with van der Waals surface area (Å²) in [5.74, 6) is 1.49. The third-order valence-corrected chi connectivity index (χ3v) is 6.34. The molecule has 1 saturated carbocycles. The number of amides is 1. The summed E-state index contributed by atoms with van der Waals surface area (Å²) < 4.78 is 5.58. The number of nitrogens with zero attached hydrogens (tertiary/aromatic N) is 4. The van der Waals surface area contributed by atoms with Crippen molar-refractivity contribution in [1.29, 1.82) is 0 Å². The van der Waals surface area contributed by atoms with E-state index in [2.05, 4.69) is 27.4 Å². The molecule has 7 nitrogen and oxygen atoms in total. The Morgan fingerprint density at radius 1 is 1.06 bits per heavy atom. The number of carbonyl (C=O) groups is 1. The highest BCUT2D eigenvalue weighted by Crippen LogP contribution is 2.36. The summed E-state index contributed by atoms with van der Waals surface area (Å²) in [6.45, 7) is 0.380. The fraction of sp³-hybridized carbons (Fsp3) is 0.360. The second kappa shape index (κ2) is 8.94. The Morgan fingerprint density at radius 2 is 1.78 bits per heavy atom. The van der Waals surface area contributed by atoms with E-state index in [9.17, 15) is 4.79 Å². The van der Waals surface area contributed by atoms with Gasteiger partial charge in [0.15, 0.2) is 5.82 Å². The molecular formula is C25H26N4O3. The van der Waals surface area contributed by atoms with Crippen molar-refractivity contribution in [3.63, 3.8) is 0 Å². The molecule has 2 heterocycles. The third-order valence-electron chi connectivity index (χ3n) is 6.34. The van der Waals surface area contributed by atoms with Gasteiger partial charge in [-0.15, -0.1) is 0 Å². The van der Waals surface area contributed by atoms with Gasteiger partial charge >= 0.3 is 0 Å². The van der Waals surface area contributed by atoms with Crippen molar-refractivity contribution in [3.05, 3.63) is 71.9 Å². The van der Waals surface area contributed by atoms with Gasteiger partial charge in [0.2, 0.25) is 5.89 Å². The molecular weight excluding hydrogens is 404 g/mol. The molecule has 164 valence electrons. The monoisotopic (exact) mass is 430 g/mol. The first-order valence-electron chi connectivity index (χ1n) is 11.1. The number of carbonyl (C=O) groups excluding carboxylic acids is 1. The second-order valence-electron chi connectivity index (χ2n) is 8.41. The van der Waals surface area contributed by atoms with E-state index in [-0.39, 0.29) is 11.9 Å². The van der Waals surface area contributed by atoms with E-state index in [0.717, 1.165) is 29.7 Å². The van der Waals surface area contributed by atoms with E-state index in [1.165, 1.54) is 20.0 Å². The lowest BCUT2D eigenvalue weighted by Gasteiger charge is -2.21. The van der Waals surface area contributed by atoms with Crippen LogP contribution in [0.5, 0.6) is 0 Å². The van der Waals surface area contributed by atoms with E-state index in [0.29, 0.717) is 36.2 Å². The van der Waals surface area contributed by atoms with E-state index in [1.54, 1.807) is 4.90 Å². The average Bonchev–Trinajstić information content (AvgIpc) is 3.60. The number of oxime groups is 1. The minimum Gasteiger partial charge on any atom is -0.399 e. The summed E-state index contributed by atoms with van der Waals surface area (Å²) in [6.07, 6.45) is 5.09. The molecule has 1 aromatic heterocycles. The van der Waals surface area contributed by atoms with Gasteiger partial charge < -0.3 is 14.3 Å². The lowest BCUT2D eigenvalue weighted by atomic mass is 10.0. The van der Waals surface area contributed by atoms with Crippen molar-refractivity contribution in [2.75, 3.05) is 13.7 Å². The van der Waals surface area contributed by atoms with Crippen LogP contribution in [0.4, 0.5) is 0 Å². The summed E-state index contributed by atoms with van der Waals surface area (Å²) in [5, 5.41) is 8.34. The third kappa shape index (κ3) is 4.02. The van der Waals surface area contributed by atoms with Crippen LogP contribution in [0, 0.1) is 0 Å². The lowest BCUT2D eigenvalue weighted by molar-refractivity contribution is 0.0732. The molecule has 32 heavy (non-hydrogen) atoms. The second-order valence-corrected chi connectivity index (χ2v) is 8.41. The van der Waals surface area contributed by atoms with E-state index < -0.39 is 0 Å². The lowest BCUT2D eigenvalue weighted by Crippen LogP contribution is -2.31. The predicted molar refractivity (Wildman–Crippen MR) is 120 cm³/mol. The van der Waals surface area contributed by atoms with Gasteiger partial charge in [0.25, 0.3) is 5.91 Å². The fourth-order valence-electron chi connectivity index (χ4n) is 4.67. The van der Waals surface area contributed by atoms with Crippen LogP contribution < -0.4 is 0 Å². The van der Waals surface area contributed by atoms with E-state index >= 15 is 0 Å². The van der Waals surface area contributed by atoms with Gasteiger partial charge in [-0.25, -0.2) is 0 Å². The molecule has 2 aromatic carbocycles. The molecule has 1 aliphatic carbocycles. The fourth-order valence-corrected chi connectivity index (χ4v) is 4.67. The van der Waals surface area contributed by atoms with Crippen LogP contribution in [-0.2, 0) is 4.84 Å². The Hall–Kier alpha value is -3.48. The molecule has 1 atom stereocenters. The van der Waals surface area contributed by atoms with Crippen LogP contribution in [0.25, 0.3) is 11.1 Å². The molecule has 1 saturated heterocycles. The SMILES string of the molecule is CO/N=C1\C[C@@H](c2noc(C3CCCC3)n2)N(C(=O)c2ccc(-c3ccccc3)cc2)C1. The maximum absolute atomic E-state index is 13.4. The minimum atomic E-state index is -0.316. The molecule has 0 unspecified atom stereocenters. The van der Waals surface area contributed by atoms with Gasteiger partial charge in [0, 0.05) is 17.9 Å². The molecule has 2 aliphatic rings. The Labute approximate surface area is 187 Å². The number of benzene rings is 2. The van der Waals surface area contributed by atoms with Gasteiger partial charge in [-0.3, -0.25) is 4.79 Å². The first-order valence-corrected chi connectivity index (χ1v) is 11.1. The first-order chi connectivity index (χ1) is 15.7. The van der Waals surface area contributed by atoms with Gasteiger partial charge in [-0.2, -0.15) is 4.98 Å². The molecule has 5 rings (SSSR count). The summed E-state index contributed by atoms with van der Waals surface area (Å²) in [4.78, 5) is 24.9. The van der Waals surface area contributed by atoms with Crippen LogP contribution in [-0.4, -0.2) is 40.3 Å². The number of rotatable bonds is 5. The Bertz CT molecular complexity index is 1100. The average molecular weight is 431 g/mol. The topological polar surface area (TPSA) is 80.8 Å². The highest BCUT2D eigenvalue weighted by Gasteiger charge is 2.38. The van der Waals surface area contributed by atoms with Crippen molar-refractivity contribution in [2.45, 2.75) is 44.1 Å². The molecule has 0 spiro atoms. The predicted octanol–water partition coefficient (Wildman–Crippen LogP) is 4.98. The van der Waals surface area contributed by atoms with Crippen LogP contribution in [0.2, 0.25) is 0 Å². The molecule has 2 fully saturated rings. The number of likely N-dealkylation sites (tertiary alicyclic amines) is 1. The van der Waals surface area contributed by atoms with Gasteiger partial charge in [-0.1, -0.05) is 65.6 Å². The maximum atomic E-state index is 13.4. The van der Waals surface area contributed by atoms with Crippen LogP contribution in [0.3, 0.4) is 0 Å². The van der Waals surface area contributed by atoms with Crippen molar-refractivity contribution >= 4 is 11.6 Å². The summed E-state index contributed by atoms with van der Waals surface area (Å²) in [7, 11) is 1.52. The molecule has 1 aliphatic heterocycles. The standard InChI is InChI=1S/C25H26N4O3/c1-31-27-21-15-22(23-26-24(32-28-23)19-9-5-6-10-19)29(16-21)25(30)20-13-11-18(12-14-20)17-7-3-2-4-8-17/h2-4,7-8,11-14,19,22H,5-6,9-10,15-16H2,1H3/b27-21+/t22-/m0/s1. The molecule has 1 amide bonds. The van der Waals surface area contributed by atoms with Crippen LogP contribution >= 0.6 is 0 Å². The zero-order chi connectivity index (χ0) is 21.9. The number of hydrogen-bond donors (Lipinski definition) is 0. The molecule has 7 heteroatoms. The number of aromatic nitrogens is 2. The summed E-state index contributed by atoms with van der Waals surface area (Å²) in [6, 6.07) is 17.5. The normalized spacial score (nSPS) is 20.2. The zero-order valence-corrected chi connectivity index (χ0v) is 18.1. The first kappa shape index (κ1) is 20.4. The van der Waals surface area contributed by atoms with E-state index in [1.807, 2.05) is 42.5 Å². The number of hydrogen-bond acceptors (Lipinski definition) is 6. The molecule has 0 bridgehead atoms. The molecule has 0 N–H and O–H groups in total. The van der Waals surface area contributed by atoms with Gasteiger partial charge in [0.05, 0.1) is 12.3 Å². The van der Waals surface area contributed by atoms with Crippen molar-refractivity contribution in [3.8, 4) is 11.1 Å². The zero-order valence-electron chi connectivity index (χ0n) is 18.1. The largest absolute Gasteiger partial charge is 0.399 e. The van der Waals surface area contributed by atoms with Crippen molar-refractivity contribution < 1.29 is 14.2 Å². The molecule has 3 aromatic rings. The highest BCUT2D eigenvalue weighted by atomic mass is 16.6. The Kier molecular flexibility index (Phi) is 5.71. The van der Waals surface area contributed by atoms with Crippen LogP contribution in [0.1, 0.15) is 66.1 Å². The van der Waals surface area contributed by atoms with E-state index in [4.69, 9.17) is 9.36 Å². The minimum absolute atomic E-state index is 0.0804.